The number of rotatable bonds is 5. The van der Waals surface area contributed by atoms with Gasteiger partial charge in [0.25, 0.3) is 0 Å². The van der Waals surface area contributed by atoms with E-state index in [1.807, 2.05) is 6.07 Å². The number of anilines is 1. The van der Waals surface area contributed by atoms with E-state index in [1.54, 1.807) is 12.1 Å². The smallest absolute Gasteiger partial charge is 0.125 e. The van der Waals surface area contributed by atoms with E-state index < -0.39 is 0 Å². The maximum absolute atomic E-state index is 13.3. The van der Waals surface area contributed by atoms with Gasteiger partial charge in [-0.15, -0.1) is 0 Å². The van der Waals surface area contributed by atoms with Gasteiger partial charge in [-0.25, -0.2) is 4.39 Å². The van der Waals surface area contributed by atoms with E-state index in [-0.39, 0.29) is 5.82 Å². The van der Waals surface area contributed by atoms with E-state index in [9.17, 15) is 4.39 Å². The van der Waals surface area contributed by atoms with Crippen LogP contribution < -0.4 is 10.2 Å². The van der Waals surface area contributed by atoms with Gasteiger partial charge in [-0.2, -0.15) is 0 Å². The molecule has 0 radical (unpaired) electrons. The van der Waals surface area contributed by atoms with E-state index >= 15 is 0 Å². The Bertz CT molecular complexity index is 427. The largest absolute Gasteiger partial charge is 0.371 e. The van der Waals surface area contributed by atoms with Gasteiger partial charge < -0.3 is 10.2 Å². The molecule has 1 aliphatic carbocycles. The Kier molecular flexibility index (Phi) is 4.02. The summed E-state index contributed by atoms with van der Waals surface area (Å²) in [4.78, 5) is 2.33. The lowest BCUT2D eigenvalue weighted by Gasteiger charge is -2.20. The summed E-state index contributed by atoms with van der Waals surface area (Å²) in [6.07, 6.45) is 7.67. The zero-order valence-electron chi connectivity index (χ0n) is 11.5. The molecule has 1 heterocycles. The van der Waals surface area contributed by atoms with E-state index in [0.717, 1.165) is 44.2 Å². The highest BCUT2D eigenvalue weighted by Gasteiger charge is 2.19. The number of fused-ring (bicyclic) bond motifs is 1. The minimum absolute atomic E-state index is 0.116. The molecule has 104 valence electrons. The highest BCUT2D eigenvalue weighted by atomic mass is 19.1. The maximum Gasteiger partial charge on any atom is 0.125 e. The van der Waals surface area contributed by atoms with Crippen LogP contribution in [0.15, 0.2) is 18.2 Å². The standard InChI is InChI=1S/C16H23FN2/c17-14-7-6-13-8-11-19(16(13)12-14)10-3-9-18-15-4-1-2-5-15/h6-7,12,15,18H,1-5,8-11H2. The van der Waals surface area contributed by atoms with Crippen LogP contribution >= 0.6 is 0 Å². The molecule has 1 N–H and O–H groups in total. The fourth-order valence-corrected chi connectivity index (χ4v) is 3.36. The molecule has 1 aliphatic heterocycles. The Hall–Kier alpha value is -1.09. The molecule has 2 aliphatic rings. The monoisotopic (exact) mass is 262 g/mol. The summed E-state index contributed by atoms with van der Waals surface area (Å²) in [6, 6.07) is 5.95. The van der Waals surface area contributed by atoms with Gasteiger partial charge in [0.2, 0.25) is 0 Å². The molecular formula is C16H23FN2. The summed E-state index contributed by atoms with van der Waals surface area (Å²) < 4.78 is 13.3. The molecule has 19 heavy (non-hydrogen) atoms. The minimum atomic E-state index is -0.116. The van der Waals surface area contributed by atoms with Crippen LogP contribution in [0.4, 0.5) is 10.1 Å². The van der Waals surface area contributed by atoms with Crippen molar-refractivity contribution in [1.29, 1.82) is 0 Å². The van der Waals surface area contributed by atoms with Crippen LogP contribution in [-0.4, -0.2) is 25.7 Å². The molecule has 0 aromatic heterocycles. The fourth-order valence-electron chi connectivity index (χ4n) is 3.36. The van der Waals surface area contributed by atoms with E-state index in [4.69, 9.17) is 0 Å². The first-order valence-corrected chi connectivity index (χ1v) is 7.60. The van der Waals surface area contributed by atoms with E-state index in [2.05, 4.69) is 10.2 Å². The maximum atomic E-state index is 13.3. The molecule has 1 saturated carbocycles. The SMILES string of the molecule is Fc1ccc2c(c1)N(CCCNC1CCCC1)CC2. The molecule has 1 aromatic rings. The highest BCUT2D eigenvalue weighted by molar-refractivity contribution is 5.58. The summed E-state index contributed by atoms with van der Waals surface area (Å²) in [6.45, 7) is 3.17. The third-order valence-electron chi connectivity index (χ3n) is 4.43. The van der Waals surface area contributed by atoms with E-state index in [1.165, 1.54) is 31.2 Å². The Balaban J connectivity index is 1.45. The molecule has 0 bridgehead atoms. The van der Waals surface area contributed by atoms with Crippen LogP contribution in [0.2, 0.25) is 0 Å². The van der Waals surface area contributed by atoms with Crippen molar-refractivity contribution in [3.8, 4) is 0 Å². The summed E-state index contributed by atoms with van der Waals surface area (Å²) in [5.41, 5.74) is 2.41. The number of hydrogen-bond donors (Lipinski definition) is 1. The highest BCUT2D eigenvalue weighted by Crippen LogP contribution is 2.28. The van der Waals surface area contributed by atoms with E-state index in [0.29, 0.717) is 0 Å². The van der Waals surface area contributed by atoms with Crippen molar-refractivity contribution in [2.24, 2.45) is 0 Å². The zero-order chi connectivity index (χ0) is 13.1. The Morgan fingerprint density at radius 1 is 1.26 bits per heavy atom. The van der Waals surface area contributed by atoms with Gasteiger partial charge in [0.05, 0.1) is 0 Å². The van der Waals surface area contributed by atoms with Crippen LogP contribution in [0.3, 0.4) is 0 Å². The molecule has 0 amide bonds. The number of nitrogens with one attached hydrogen (secondary N) is 1. The van der Waals surface area contributed by atoms with Crippen LogP contribution in [0.25, 0.3) is 0 Å². The van der Waals surface area contributed by atoms with Crippen molar-refractivity contribution in [3.05, 3.63) is 29.6 Å². The predicted octanol–water partition coefficient (Wildman–Crippen LogP) is 3.11. The summed E-state index contributed by atoms with van der Waals surface area (Å²) in [5, 5.41) is 3.64. The van der Waals surface area contributed by atoms with Crippen LogP contribution in [0, 0.1) is 5.82 Å². The molecule has 3 rings (SSSR count). The predicted molar refractivity (Wildman–Crippen MR) is 77.2 cm³/mol. The lowest BCUT2D eigenvalue weighted by Crippen LogP contribution is -2.30. The van der Waals surface area contributed by atoms with Crippen LogP contribution in [0.5, 0.6) is 0 Å². The first-order chi connectivity index (χ1) is 9.33. The number of halogens is 1. The second-order valence-corrected chi connectivity index (χ2v) is 5.80. The summed E-state index contributed by atoms with van der Waals surface area (Å²) in [5.74, 6) is -0.116. The Morgan fingerprint density at radius 3 is 2.95 bits per heavy atom. The normalized spacial score (nSPS) is 19.1. The van der Waals surface area contributed by atoms with Crippen molar-refractivity contribution in [1.82, 2.24) is 5.32 Å². The van der Waals surface area contributed by atoms with Gasteiger partial charge >= 0.3 is 0 Å². The quantitative estimate of drug-likeness (QED) is 0.820. The molecule has 1 fully saturated rings. The van der Waals surface area contributed by atoms with Gasteiger partial charge in [-0.1, -0.05) is 18.9 Å². The molecule has 0 atom stereocenters. The summed E-state index contributed by atoms with van der Waals surface area (Å²) in [7, 11) is 0. The van der Waals surface area contributed by atoms with Crippen molar-refractivity contribution in [2.75, 3.05) is 24.5 Å². The van der Waals surface area contributed by atoms with Gasteiger partial charge in [-0.05, 0) is 49.9 Å². The lowest BCUT2D eigenvalue weighted by atomic mass is 10.2. The number of nitrogens with zero attached hydrogens (tertiary/aromatic N) is 1. The van der Waals surface area contributed by atoms with Crippen molar-refractivity contribution >= 4 is 5.69 Å². The van der Waals surface area contributed by atoms with Crippen molar-refractivity contribution < 1.29 is 4.39 Å². The van der Waals surface area contributed by atoms with Gasteiger partial charge in [0.15, 0.2) is 0 Å². The average molecular weight is 262 g/mol. The van der Waals surface area contributed by atoms with Crippen molar-refractivity contribution in [2.45, 2.75) is 44.6 Å². The van der Waals surface area contributed by atoms with Crippen LogP contribution in [0.1, 0.15) is 37.7 Å². The molecule has 0 saturated heterocycles. The average Bonchev–Trinajstić information content (AvgIpc) is 3.04. The summed E-state index contributed by atoms with van der Waals surface area (Å²) >= 11 is 0. The van der Waals surface area contributed by atoms with Gasteiger partial charge in [-0.3, -0.25) is 0 Å². The fraction of sp³-hybridized carbons (Fsp3) is 0.625. The van der Waals surface area contributed by atoms with Crippen molar-refractivity contribution in [3.63, 3.8) is 0 Å². The van der Waals surface area contributed by atoms with Crippen LogP contribution in [-0.2, 0) is 6.42 Å². The van der Waals surface area contributed by atoms with Gasteiger partial charge in [0, 0.05) is 24.8 Å². The van der Waals surface area contributed by atoms with Gasteiger partial charge in [0.1, 0.15) is 5.82 Å². The second-order valence-electron chi connectivity index (χ2n) is 5.80. The minimum Gasteiger partial charge on any atom is -0.371 e. The Labute approximate surface area is 115 Å². The molecule has 1 aromatic carbocycles. The Morgan fingerprint density at radius 2 is 2.11 bits per heavy atom. The molecule has 2 nitrogen and oxygen atoms in total. The number of hydrogen-bond acceptors (Lipinski definition) is 2. The zero-order valence-corrected chi connectivity index (χ0v) is 11.5. The number of benzene rings is 1. The molecule has 0 spiro atoms. The third kappa shape index (κ3) is 3.08. The molecular weight excluding hydrogens is 239 g/mol. The topological polar surface area (TPSA) is 15.3 Å². The molecule has 3 heteroatoms. The second kappa shape index (κ2) is 5.91. The lowest BCUT2D eigenvalue weighted by molar-refractivity contribution is 0.514. The first-order valence-electron chi connectivity index (χ1n) is 7.60. The third-order valence-corrected chi connectivity index (χ3v) is 4.43. The molecule has 0 unspecified atom stereocenters. The first kappa shape index (κ1) is 12.9.